The molecular weight excluding hydrogens is 272 g/mol. The zero-order valence-corrected chi connectivity index (χ0v) is 12.1. The van der Waals surface area contributed by atoms with Gasteiger partial charge >= 0.3 is 0 Å². The molecule has 0 saturated heterocycles. The Kier molecular flexibility index (Phi) is 4.91. The lowest BCUT2D eigenvalue weighted by atomic mass is 9.99. The number of benzene rings is 2. The largest absolute Gasteiger partial charge is 0.491 e. The van der Waals surface area contributed by atoms with E-state index in [1.807, 2.05) is 38.1 Å². The van der Waals surface area contributed by atoms with Crippen molar-refractivity contribution in [3.05, 3.63) is 65.2 Å². The van der Waals surface area contributed by atoms with Crippen LogP contribution in [0, 0.1) is 11.6 Å². The van der Waals surface area contributed by atoms with E-state index in [4.69, 9.17) is 10.5 Å². The van der Waals surface area contributed by atoms with E-state index in [9.17, 15) is 8.78 Å². The van der Waals surface area contributed by atoms with Crippen molar-refractivity contribution in [2.75, 3.05) is 0 Å². The van der Waals surface area contributed by atoms with Crippen molar-refractivity contribution in [3.8, 4) is 5.75 Å². The number of halogens is 2. The minimum Gasteiger partial charge on any atom is -0.491 e. The summed E-state index contributed by atoms with van der Waals surface area (Å²) in [5, 5.41) is 0. The second kappa shape index (κ2) is 6.68. The molecule has 0 amide bonds. The van der Waals surface area contributed by atoms with Crippen LogP contribution in [0.15, 0.2) is 42.5 Å². The Morgan fingerprint density at radius 1 is 1.00 bits per heavy atom. The minimum absolute atomic E-state index is 0.111. The van der Waals surface area contributed by atoms with Crippen LogP contribution in [0.2, 0.25) is 0 Å². The first kappa shape index (κ1) is 15.4. The van der Waals surface area contributed by atoms with Crippen molar-refractivity contribution in [2.45, 2.75) is 32.4 Å². The van der Waals surface area contributed by atoms with E-state index in [1.165, 1.54) is 12.1 Å². The first-order chi connectivity index (χ1) is 9.94. The van der Waals surface area contributed by atoms with E-state index in [0.29, 0.717) is 12.0 Å². The van der Waals surface area contributed by atoms with E-state index >= 15 is 0 Å². The molecular formula is C17H19F2NO. The van der Waals surface area contributed by atoms with Crippen LogP contribution in [0.4, 0.5) is 8.78 Å². The Morgan fingerprint density at radius 2 is 1.57 bits per heavy atom. The maximum absolute atomic E-state index is 13.2. The molecule has 2 rings (SSSR count). The van der Waals surface area contributed by atoms with Crippen molar-refractivity contribution in [2.24, 2.45) is 5.73 Å². The molecule has 2 aromatic rings. The molecule has 112 valence electrons. The molecule has 2 nitrogen and oxygen atoms in total. The molecule has 0 saturated carbocycles. The fourth-order valence-electron chi connectivity index (χ4n) is 2.17. The predicted octanol–water partition coefficient (Wildman–Crippen LogP) is 3.99. The summed E-state index contributed by atoms with van der Waals surface area (Å²) in [5.74, 6) is -0.395. The summed E-state index contributed by atoms with van der Waals surface area (Å²) < 4.78 is 31.9. The van der Waals surface area contributed by atoms with Gasteiger partial charge in [-0.1, -0.05) is 12.1 Å². The van der Waals surface area contributed by atoms with Crippen LogP contribution in [0.1, 0.15) is 31.0 Å². The van der Waals surface area contributed by atoms with Gasteiger partial charge in [0.25, 0.3) is 0 Å². The van der Waals surface area contributed by atoms with Gasteiger partial charge in [-0.15, -0.1) is 0 Å². The van der Waals surface area contributed by atoms with Gasteiger partial charge in [0.2, 0.25) is 0 Å². The third kappa shape index (κ3) is 4.53. The third-order valence-electron chi connectivity index (χ3n) is 3.06. The molecule has 0 aliphatic carbocycles. The van der Waals surface area contributed by atoms with Crippen molar-refractivity contribution in [3.63, 3.8) is 0 Å². The van der Waals surface area contributed by atoms with E-state index in [2.05, 4.69) is 0 Å². The molecule has 21 heavy (non-hydrogen) atoms. The summed E-state index contributed by atoms with van der Waals surface area (Å²) >= 11 is 0. The van der Waals surface area contributed by atoms with Gasteiger partial charge in [0.1, 0.15) is 17.4 Å². The lowest BCUT2D eigenvalue weighted by molar-refractivity contribution is 0.242. The van der Waals surface area contributed by atoms with E-state index in [1.54, 1.807) is 0 Å². The van der Waals surface area contributed by atoms with Crippen LogP contribution in [0.3, 0.4) is 0 Å². The first-order valence-corrected chi connectivity index (χ1v) is 6.91. The molecule has 0 fully saturated rings. The summed E-state index contributed by atoms with van der Waals surface area (Å²) in [6.45, 7) is 3.91. The summed E-state index contributed by atoms with van der Waals surface area (Å²) in [4.78, 5) is 0. The topological polar surface area (TPSA) is 35.2 Å². The Hall–Kier alpha value is -1.94. The molecule has 1 unspecified atom stereocenters. The van der Waals surface area contributed by atoms with Crippen molar-refractivity contribution in [1.82, 2.24) is 0 Å². The van der Waals surface area contributed by atoms with Gasteiger partial charge < -0.3 is 10.5 Å². The van der Waals surface area contributed by atoms with Gasteiger partial charge in [0, 0.05) is 12.1 Å². The summed E-state index contributed by atoms with van der Waals surface area (Å²) in [7, 11) is 0. The number of rotatable bonds is 5. The van der Waals surface area contributed by atoms with Crippen LogP contribution in [-0.4, -0.2) is 6.10 Å². The van der Waals surface area contributed by atoms with E-state index in [-0.39, 0.29) is 12.1 Å². The van der Waals surface area contributed by atoms with Crippen molar-refractivity contribution >= 4 is 0 Å². The van der Waals surface area contributed by atoms with Crippen LogP contribution < -0.4 is 10.5 Å². The normalized spacial score (nSPS) is 12.5. The second-order valence-electron chi connectivity index (χ2n) is 5.32. The predicted molar refractivity (Wildman–Crippen MR) is 79.2 cm³/mol. The second-order valence-corrected chi connectivity index (χ2v) is 5.32. The quantitative estimate of drug-likeness (QED) is 0.904. The number of hydrogen-bond acceptors (Lipinski definition) is 2. The molecule has 2 N–H and O–H groups in total. The highest BCUT2D eigenvalue weighted by atomic mass is 19.1. The highest BCUT2D eigenvalue weighted by Crippen LogP contribution is 2.21. The summed E-state index contributed by atoms with van der Waals surface area (Å²) in [6.07, 6.45) is 0.485. The van der Waals surface area contributed by atoms with Crippen molar-refractivity contribution in [1.29, 1.82) is 0 Å². The third-order valence-corrected chi connectivity index (χ3v) is 3.06. The Bertz CT molecular complexity index is 576. The molecule has 0 bridgehead atoms. The van der Waals surface area contributed by atoms with Crippen molar-refractivity contribution < 1.29 is 13.5 Å². The number of hydrogen-bond donors (Lipinski definition) is 1. The summed E-state index contributed by atoms with van der Waals surface area (Å²) in [6, 6.07) is 10.6. The summed E-state index contributed by atoms with van der Waals surface area (Å²) in [5.41, 5.74) is 7.54. The molecule has 0 aromatic heterocycles. The van der Waals surface area contributed by atoms with Crippen LogP contribution in [-0.2, 0) is 6.42 Å². The SMILES string of the molecule is CC(C)Oc1ccc(C(N)Cc2cc(F)cc(F)c2)cc1. The monoisotopic (exact) mass is 291 g/mol. The Morgan fingerprint density at radius 3 is 2.10 bits per heavy atom. The molecule has 0 spiro atoms. The zero-order chi connectivity index (χ0) is 15.4. The maximum Gasteiger partial charge on any atom is 0.126 e. The van der Waals surface area contributed by atoms with Gasteiger partial charge in [-0.3, -0.25) is 0 Å². The molecule has 0 radical (unpaired) electrons. The highest BCUT2D eigenvalue weighted by Gasteiger charge is 2.10. The van der Waals surface area contributed by atoms with E-state index < -0.39 is 11.6 Å². The first-order valence-electron chi connectivity index (χ1n) is 6.91. The average molecular weight is 291 g/mol. The maximum atomic E-state index is 13.2. The molecule has 2 aromatic carbocycles. The molecule has 0 aliphatic heterocycles. The highest BCUT2D eigenvalue weighted by molar-refractivity contribution is 5.30. The Balaban J connectivity index is 2.07. The minimum atomic E-state index is -0.585. The van der Waals surface area contributed by atoms with E-state index in [0.717, 1.165) is 17.4 Å². The standard InChI is InChI=1S/C17H19F2NO/c1-11(2)21-16-5-3-13(4-6-16)17(20)9-12-7-14(18)10-15(19)8-12/h3-8,10-11,17H,9,20H2,1-2H3. The van der Waals surface area contributed by atoms with Crippen LogP contribution in [0.5, 0.6) is 5.75 Å². The van der Waals surface area contributed by atoms with Gasteiger partial charge in [-0.25, -0.2) is 8.78 Å². The average Bonchev–Trinajstić information content (AvgIpc) is 2.37. The van der Waals surface area contributed by atoms with Gasteiger partial charge in [-0.05, 0) is 55.7 Å². The molecule has 4 heteroatoms. The zero-order valence-electron chi connectivity index (χ0n) is 12.1. The lowest BCUT2D eigenvalue weighted by Gasteiger charge is -2.14. The Labute approximate surface area is 123 Å². The van der Waals surface area contributed by atoms with Gasteiger partial charge in [0.05, 0.1) is 6.10 Å². The molecule has 0 heterocycles. The van der Waals surface area contributed by atoms with Crippen LogP contribution in [0.25, 0.3) is 0 Å². The smallest absolute Gasteiger partial charge is 0.126 e. The number of ether oxygens (including phenoxy) is 1. The molecule has 0 aliphatic rings. The van der Waals surface area contributed by atoms with Crippen LogP contribution >= 0.6 is 0 Å². The van der Waals surface area contributed by atoms with Gasteiger partial charge in [-0.2, -0.15) is 0 Å². The fraction of sp³-hybridized carbons (Fsp3) is 0.294. The molecule has 1 atom stereocenters. The van der Waals surface area contributed by atoms with Gasteiger partial charge in [0.15, 0.2) is 0 Å². The number of nitrogens with two attached hydrogens (primary N) is 1. The fourth-order valence-corrected chi connectivity index (χ4v) is 2.17. The lowest BCUT2D eigenvalue weighted by Crippen LogP contribution is -2.13.